The number of carboxylic acids is 1. The number of nitrogens with zero attached hydrogens (tertiary/aromatic N) is 1. The Morgan fingerprint density at radius 3 is 1.80 bits per heavy atom. The number of benzene rings is 1. The summed E-state index contributed by atoms with van der Waals surface area (Å²) in [6, 6.07) is 2.85. The molecule has 0 aliphatic heterocycles. The Balaban J connectivity index is 3.79. The summed E-state index contributed by atoms with van der Waals surface area (Å²) in [7, 11) is 0. The summed E-state index contributed by atoms with van der Waals surface area (Å²) < 4.78 is 0. The van der Waals surface area contributed by atoms with E-state index in [4.69, 9.17) is 0 Å². The minimum Gasteiger partial charge on any atom is -0.478 e. The lowest BCUT2D eigenvalue weighted by molar-refractivity contribution is -0.386. The summed E-state index contributed by atoms with van der Waals surface area (Å²) in [6.07, 6.45) is 0. The first kappa shape index (κ1) is 16.1. The predicted octanol–water partition coefficient (Wildman–Crippen LogP) is 3.89. The van der Waals surface area contributed by atoms with E-state index in [0.29, 0.717) is 11.1 Å². The SMILES string of the molecule is CC(C)(C)c1cc(C(C)(C)C)c([N+](=O)[O-])cc1C(=O)O. The molecule has 0 radical (unpaired) electrons. The van der Waals surface area contributed by atoms with Crippen molar-refractivity contribution in [2.45, 2.75) is 52.4 Å². The molecule has 0 aliphatic rings. The van der Waals surface area contributed by atoms with Gasteiger partial charge < -0.3 is 5.11 Å². The minimum atomic E-state index is -1.14. The molecule has 0 aromatic heterocycles. The van der Waals surface area contributed by atoms with Crippen molar-refractivity contribution in [3.8, 4) is 0 Å². The van der Waals surface area contributed by atoms with Crippen LogP contribution in [0.4, 0.5) is 5.69 Å². The Morgan fingerprint density at radius 1 is 1.05 bits per heavy atom. The molecular weight excluding hydrogens is 258 g/mol. The highest BCUT2D eigenvalue weighted by molar-refractivity contribution is 5.91. The Bertz CT molecular complexity index is 515. The first-order valence-corrected chi connectivity index (χ1v) is 6.42. The summed E-state index contributed by atoms with van der Waals surface area (Å²) in [5.74, 6) is -1.14. The molecule has 5 heteroatoms. The summed E-state index contributed by atoms with van der Waals surface area (Å²) in [5.41, 5.74) is 0.195. The molecule has 0 saturated heterocycles. The van der Waals surface area contributed by atoms with Gasteiger partial charge in [-0.05, 0) is 22.5 Å². The second kappa shape index (κ2) is 4.89. The van der Waals surface area contributed by atoms with Crippen molar-refractivity contribution in [2.24, 2.45) is 0 Å². The number of nitro groups is 1. The number of rotatable bonds is 2. The lowest BCUT2D eigenvalue weighted by atomic mass is 9.77. The van der Waals surface area contributed by atoms with Crippen LogP contribution in [0.25, 0.3) is 0 Å². The van der Waals surface area contributed by atoms with Crippen LogP contribution in [0.2, 0.25) is 0 Å². The van der Waals surface area contributed by atoms with Crippen LogP contribution in [-0.4, -0.2) is 16.0 Å². The normalized spacial score (nSPS) is 12.3. The van der Waals surface area contributed by atoms with Gasteiger partial charge in [-0.1, -0.05) is 41.5 Å². The fraction of sp³-hybridized carbons (Fsp3) is 0.533. The van der Waals surface area contributed by atoms with Crippen LogP contribution < -0.4 is 0 Å². The molecule has 0 fully saturated rings. The molecule has 0 bridgehead atoms. The summed E-state index contributed by atoms with van der Waals surface area (Å²) in [6.45, 7) is 11.3. The molecule has 0 atom stereocenters. The highest BCUT2D eigenvalue weighted by atomic mass is 16.6. The lowest BCUT2D eigenvalue weighted by Gasteiger charge is -2.26. The maximum Gasteiger partial charge on any atom is 0.336 e. The molecule has 0 saturated carbocycles. The second-order valence-electron chi connectivity index (χ2n) is 6.98. The summed E-state index contributed by atoms with van der Waals surface area (Å²) >= 11 is 0. The molecule has 1 rings (SSSR count). The highest BCUT2D eigenvalue weighted by Gasteiger charge is 2.31. The molecule has 0 amide bonds. The van der Waals surface area contributed by atoms with Gasteiger partial charge in [-0.2, -0.15) is 0 Å². The van der Waals surface area contributed by atoms with E-state index in [0.717, 1.165) is 0 Å². The third-order valence-corrected chi connectivity index (χ3v) is 3.18. The molecule has 1 aromatic carbocycles. The number of carboxylic acid groups (broad SMARTS) is 1. The van der Waals surface area contributed by atoms with Crippen molar-refractivity contribution in [3.05, 3.63) is 38.9 Å². The Hall–Kier alpha value is -1.91. The maximum atomic E-state index is 11.4. The fourth-order valence-corrected chi connectivity index (χ4v) is 2.14. The van der Waals surface area contributed by atoms with Gasteiger partial charge in [0.2, 0.25) is 0 Å². The average molecular weight is 279 g/mol. The molecule has 110 valence electrons. The Labute approximate surface area is 118 Å². The zero-order valence-corrected chi connectivity index (χ0v) is 12.8. The van der Waals surface area contributed by atoms with Crippen molar-refractivity contribution >= 4 is 11.7 Å². The molecule has 5 nitrogen and oxygen atoms in total. The van der Waals surface area contributed by atoms with E-state index >= 15 is 0 Å². The van der Waals surface area contributed by atoms with Crippen LogP contribution >= 0.6 is 0 Å². The van der Waals surface area contributed by atoms with Crippen molar-refractivity contribution in [1.82, 2.24) is 0 Å². The monoisotopic (exact) mass is 279 g/mol. The van der Waals surface area contributed by atoms with Crippen molar-refractivity contribution < 1.29 is 14.8 Å². The topological polar surface area (TPSA) is 80.4 Å². The van der Waals surface area contributed by atoms with E-state index in [2.05, 4.69) is 0 Å². The van der Waals surface area contributed by atoms with Gasteiger partial charge in [0.05, 0.1) is 10.5 Å². The van der Waals surface area contributed by atoms with Gasteiger partial charge in [-0.25, -0.2) is 4.79 Å². The van der Waals surface area contributed by atoms with Gasteiger partial charge in [-0.15, -0.1) is 0 Å². The molecule has 0 heterocycles. The van der Waals surface area contributed by atoms with Crippen LogP contribution in [0, 0.1) is 10.1 Å². The zero-order chi connectivity index (χ0) is 15.9. The lowest BCUT2D eigenvalue weighted by Crippen LogP contribution is -2.21. The van der Waals surface area contributed by atoms with Crippen LogP contribution in [0.5, 0.6) is 0 Å². The number of aromatic carboxylic acids is 1. The van der Waals surface area contributed by atoms with E-state index < -0.39 is 21.7 Å². The van der Waals surface area contributed by atoms with Gasteiger partial charge in [-0.3, -0.25) is 10.1 Å². The first-order valence-electron chi connectivity index (χ1n) is 6.42. The first-order chi connectivity index (χ1) is 8.85. The molecule has 0 unspecified atom stereocenters. The van der Waals surface area contributed by atoms with E-state index in [-0.39, 0.29) is 11.3 Å². The molecule has 0 spiro atoms. The third-order valence-electron chi connectivity index (χ3n) is 3.18. The van der Waals surface area contributed by atoms with E-state index in [1.807, 2.05) is 41.5 Å². The standard InChI is InChI=1S/C15H21NO4/c1-14(2,3)10-8-11(15(4,5)6)12(16(19)20)7-9(10)13(17)18/h7-8H,1-6H3,(H,17,18). The zero-order valence-electron chi connectivity index (χ0n) is 12.8. The van der Waals surface area contributed by atoms with Gasteiger partial charge in [0, 0.05) is 11.6 Å². The number of hydrogen-bond acceptors (Lipinski definition) is 3. The molecule has 1 aromatic rings. The van der Waals surface area contributed by atoms with E-state index in [1.165, 1.54) is 6.07 Å². The average Bonchev–Trinajstić information content (AvgIpc) is 2.24. The molecule has 20 heavy (non-hydrogen) atoms. The number of carbonyl (C=O) groups is 1. The van der Waals surface area contributed by atoms with Crippen LogP contribution in [0.1, 0.15) is 63.0 Å². The summed E-state index contributed by atoms with van der Waals surface area (Å²) in [4.78, 5) is 22.1. The Morgan fingerprint density at radius 2 is 1.50 bits per heavy atom. The quantitative estimate of drug-likeness (QED) is 0.657. The smallest absolute Gasteiger partial charge is 0.336 e. The van der Waals surface area contributed by atoms with Crippen molar-refractivity contribution in [3.63, 3.8) is 0 Å². The number of nitro benzene ring substituents is 1. The van der Waals surface area contributed by atoms with Crippen LogP contribution in [0.15, 0.2) is 12.1 Å². The highest BCUT2D eigenvalue weighted by Crippen LogP contribution is 2.37. The Kier molecular flexibility index (Phi) is 3.94. The van der Waals surface area contributed by atoms with Gasteiger partial charge >= 0.3 is 5.97 Å². The minimum absolute atomic E-state index is 0.00259. The second-order valence-corrected chi connectivity index (χ2v) is 6.98. The van der Waals surface area contributed by atoms with Crippen LogP contribution in [0.3, 0.4) is 0 Å². The number of hydrogen-bond donors (Lipinski definition) is 1. The van der Waals surface area contributed by atoms with E-state index in [1.54, 1.807) is 6.07 Å². The molecule has 1 N–H and O–H groups in total. The molecule has 0 aliphatic carbocycles. The van der Waals surface area contributed by atoms with Crippen molar-refractivity contribution in [1.29, 1.82) is 0 Å². The van der Waals surface area contributed by atoms with E-state index in [9.17, 15) is 20.0 Å². The predicted molar refractivity (Wildman–Crippen MR) is 77.5 cm³/mol. The van der Waals surface area contributed by atoms with Gasteiger partial charge in [0.1, 0.15) is 0 Å². The largest absolute Gasteiger partial charge is 0.478 e. The van der Waals surface area contributed by atoms with Gasteiger partial charge in [0.25, 0.3) is 5.69 Å². The van der Waals surface area contributed by atoms with Crippen molar-refractivity contribution in [2.75, 3.05) is 0 Å². The van der Waals surface area contributed by atoms with Crippen LogP contribution in [-0.2, 0) is 10.8 Å². The van der Waals surface area contributed by atoms with Gasteiger partial charge in [0.15, 0.2) is 0 Å². The third kappa shape index (κ3) is 3.15. The molecular formula is C15H21NO4. The fourth-order valence-electron chi connectivity index (χ4n) is 2.14. The maximum absolute atomic E-state index is 11.4. The summed E-state index contributed by atoms with van der Waals surface area (Å²) in [5, 5.41) is 20.5.